The molecule has 2 aromatic rings. The second-order valence-electron chi connectivity index (χ2n) is 7.21. The molecule has 2 aliphatic rings. The number of carboxylic acids is 1. The van der Waals surface area contributed by atoms with E-state index in [1.165, 1.54) is 22.0 Å². The van der Waals surface area contributed by atoms with Gasteiger partial charge in [0, 0.05) is 42.1 Å². The standard InChI is InChI=1S/C20H24N2O2S/c1-2-6-22-10-13(11-25-12-19(23)24)7-16-15-4-3-5-17-20(15)14(9-21-17)8-18(16)22/h2-5,9,13,16,18,21H,1,6-8,10-12H2,(H,23,24)/t13-,16-,18-/m1/s1. The molecule has 0 radical (unpaired) electrons. The molecule has 25 heavy (non-hydrogen) atoms. The van der Waals surface area contributed by atoms with Crippen molar-refractivity contribution in [3.63, 3.8) is 0 Å². The number of nitrogens with one attached hydrogen (secondary N) is 1. The largest absolute Gasteiger partial charge is 0.481 e. The smallest absolute Gasteiger partial charge is 0.313 e. The van der Waals surface area contributed by atoms with Crippen molar-refractivity contribution < 1.29 is 9.90 Å². The van der Waals surface area contributed by atoms with E-state index in [9.17, 15) is 4.79 Å². The van der Waals surface area contributed by atoms with Gasteiger partial charge in [0.25, 0.3) is 0 Å². The Morgan fingerprint density at radius 3 is 3.16 bits per heavy atom. The first kappa shape index (κ1) is 16.7. The highest BCUT2D eigenvalue weighted by atomic mass is 32.2. The first-order chi connectivity index (χ1) is 12.2. The van der Waals surface area contributed by atoms with Gasteiger partial charge in [0.05, 0.1) is 5.75 Å². The molecule has 1 aromatic carbocycles. The third-order valence-corrected chi connectivity index (χ3v) is 6.76. The number of likely N-dealkylation sites (tertiary alicyclic amines) is 1. The summed E-state index contributed by atoms with van der Waals surface area (Å²) in [6.07, 6.45) is 6.40. The lowest BCUT2D eigenvalue weighted by Crippen LogP contribution is -2.50. The zero-order chi connectivity index (χ0) is 17.4. The lowest BCUT2D eigenvalue weighted by Gasteiger charge is -2.47. The Morgan fingerprint density at radius 1 is 1.48 bits per heavy atom. The maximum Gasteiger partial charge on any atom is 0.313 e. The number of carboxylic acid groups (broad SMARTS) is 1. The molecule has 0 amide bonds. The summed E-state index contributed by atoms with van der Waals surface area (Å²) in [4.78, 5) is 16.8. The van der Waals surface area contributed by atoms with Crippen LogP contribution in [0.2, 0.25) is 0 Å². The molecule has 4 rings (SSSR count). The van der Waals surface area contributed by atoms with Crippen molar-refractivity contribution in [1.29, 1.82) is 0 Å². The maximum absolute atomic E-state index is 10.8. The van der Waals surface area contributed by atoms with Gasteiger partial charge in [-0.1, -0.05) is 18.2 Å². The first-order valence-corrected chi connectivity index (χ1v) is 10.1. The average molecular weight is 356 g/mol. The average Bonchev–Trinajstić information content (AvgIpc) is 3.00. The molecule has 1 aliphatic heterocycles. The SMILES string of the molecule is C=CCN1C[C@H](CSCC(=O)O)C[C@@H]2c3cccc4[nH]cc(c34)C[C@H]21. The Hall–Kier alpha value is -1.72. The maximum atomic E-state index is 10.8. The van der Waals surface area contributed by atoms with E-state index < -0.39 is 5.97 Å². The number of fused-ring (bicyclic) bond motifs is 2. The first-order valence-electron chi connectivity index (χ1n) is 8.90. The summed E-state index contributed by atoms with van der Waals surface area (Å²) in [5, 5.41) is 10.3. The van der Waals surface area contributed by atoms with E-state index in [1.807, 2.05) is 6.08 Å². The number of thioether (sulfide) groups is 1. The van der Waals surface area contributed by atoms with E-state index in [0.717, 1.165) is 31.7 Å². The zero-order valence-electron chi connectivity index (χ0n) is 14.3. The van der Waals surface area contributed by atoms with Crippen LogP contribution in [0.4, 0.5) is 0 Å². The predicted molar refractivity (Wildman–Crippen MR) is 103 cm³/mol. The van der Waals surface area contributed by atoms with Gasteiger partial charge in [0.2, 0.25) is 0 Å². The molecule has 0 bridgehead atoms. The Bertz CT molecular complexity index is 800. The molecule has 2 heterocycles. The van der Waals surface area contributed by atoms with Gasteiger partial charge in [-0.05, 0) is 41.7 Å². The minimum atomic E-state index is -0.721. The normalized spacial score (nSPS) is 25.7. The molecule has 3 atom stereocenters. The summed E-state index contributed by atoms with van der Waals surface area (Å²) < 4.78 is 0. The number of piperidine rings is 1. The number of carbonyl (C=O) groups is 1. The van der Waals surface area contributed by atoms with E-state index in [1.54, 1.807) is 11.8 Å². The van der Waals surface area contributed by atoms with Crippen LogP contribution in [-0.4, -0.2) is 51.6 Å². The van der Waals surface area contributed by atoms with Crippen LogP contribution in [0.3, 0.4) is 0 Å². The molecule has 1 aromatic heterocycles. The molecule has 4 nitrogen and oxygen atoms in total. The van der Waals surface area contributed by atoms with Crippen molar-refractivity contribution in [2.45, 2.75) is 24.8 Å². The van der Waals surface area contributed by atoms with E-state index >= 15 is 0 Å². The molecule has 0 spiro atoms. The highest BCUT2D eigenvalue weighted by molar-refractivity contribution is 7.99. The lowest BCUT2D eigenvalue weighted by molar-refractivity contribution is -0.133. The van der Waals surface area contributed by atoms with Gasteiger partial charge in [-0.15, -0.1) is 18.3 Å². The fourth-order valence-electron chi connectivity index (χ4n) is 4.71. The van der Waals surface area contributed by atoms with Gasteiger partial charge in [0.15, 0.2) is 0 Å². The van der Waals surface area contributed by atoms with Crippen LogP contribution >= 0.6 is 11.8 Å². The topological polar surface area (TPSA) is 56.3 Å². The van der Waals surface area contributed by atoms with E-state index in [0.29, 0.717) is 17.9 Å². The molecule has 0 saturated carbocycles. The van der Waals surface area contributed by atoms with Crippen LogP contribution in [0.1, 0.15) is 23.5 Å². The van der Waals surface area contributed by atoms with Crippen LogP contribution in [0.15, 0.2) is 37.1 Å². The minimum absolute atomic E-state index is 0.198. The predicted octanol–water partition coefficient (Wildman–Crippen LogP) is 3.50. The third-order valence-electron chi connectivity index (χ3n) is 5.60. The summed E-state index contributed by atoms with van der Waals surface area (Å²) in [6, 6.07) is 7.12. The van der Waals surface area contributed by atoms with Crippen LogP contribution in [0, 0.1) is 5.92 Å². The zero-order valence-corrected chi connectivity index (χ0v) is 15.1. The lowest BCUT2D eigenvalue weighted by atomic mass is 9.72. The number of aromatic amines is 1. The molecular formula is C20H24N2O2S. The fraction of sp³-hybridized carbons (Fsp3) is 0.450. The number of rotatable bonds is 6. The number of benzene rings is 1. The van der Waals surface area contributed by atoms with Crippen molar-refractivity contribution in [2.75, 3.05) is 24.6 Å². The van der Waals surface area contributed by atoms with Crippen molar-refractivity contribution >= 4 is 28.6 Å². The molecule has 1 saturated heterocycles. The minimum Gasteiger partial charge on any atom is -0.481 e. The number of H-pyrrole nitrogens is 1. The van der Waals surface area contributed by atoms with Crippen LogP contribution in [0.5, 0.6) is 0 Å². The Balaban J connectivity index is 1.62. The van der Waals surface area contributed by atoms with Crippen LogP contribution in [-0.2, 0) is 11.2 Å². The number of aliphatic carboxylic acids is 1. The summed E-state index contributed by atoms with van der Waals surface area (Å²) in [6.45, 7) is 5.88. The van der Waals surface area contributed by atoms with Gasteiger partial charge in [0.1, 0.15) is 0 Å². The summed E-state index contributed by atoms with van der Waals surface area (Å²) in [5.74, 6) is 1.45. The summed E-state index contributed by atoms with van der Waals surface area (Å²) in [7, 11) is 0. The Kier molecular flexibility index (Phi) is 4.61. The highest BCUT2D eigenvalue weighted by Gasteiger charge is 2.40. The van der Waals surface area contributed by atoms with Gasteiger partial charge >= 0.3 is 5.97 Å². The van der Waals surface area contributed by atoms with Crippen LogP contribution in [0.25, 0.3) is 10.9 Å². The molecule has 132 valence electrons. The van der Waals surface area contributed by atoms with Crippen molar-refractivity contribution in [3.8, 4) is 0 Å². The van der Waals surface area contributed by atoms with Crippen LogP contribution < -0.4 is 0 Å². The quantitative estimate of drug-likeness (QED) is 0.778. The second kappa shape index (κ2) is 6.89. The molecule has 0 unspecified atom stereocenters. The monoisotopic (exact) mass is 356 g/mol. The van der Waals surface area contributed by atoms with Gasteiger partial charge in [-0.3, -0.25) is 9.69 Å². The van der Waals surface area contributed by atoms with Gasteiger partial charge in [-0.25, -0.2) is 0 Å². The highest BCUT2D eigenvalue weighted by Crippen LogP contribution is 2.45. The number of nitrogens with zero attached hydrogens (tertiary/aromatic N) is 1. The van der Waals surface area contributed by atoms with Crippen molar-refractivity contribution in [1.82, 2.24) is 9.88 Å². The van der Waals surface area contributed by atoms with Gasteiger partial charge < -0.3 is 10.1 Å². The molecule has 2 N–H and O–H groups in total. The molecule has 1 aliphatic carbocycles. The second-order valence-corrected chi connectivity index (χ2v) is 8.25. The van der Waals surface area contributed by atoms with Crippen molar-refractivity contribution in [2.24, 2.45) is 5.92 Å². The van der Waals surface area contributed by atoms with Gasteiger partial charge in [-0.2, -0.15) is 0 Å². The summed E-state index contributed by atoms with van der Waals surface area (Å²) in [5.41, 5.74) is 4.13. The molecular weight excluding hydrogens is 332 g/mol. The van der Waals surface area contributed by atoms with Crippen molar-refractivity contribution in [3.05, 3.63) is 48.2 Å². The van der Waals surface area contributed by atoms with E-state index in [4.69, 9.17) is 5.11 Å². The molecule has 1 fully saturated rings. The Morgan fingerprint density at radius 2 is 2.36 bits per heavy atom. The number of hydrogen-bond donors (Lipinski definition) is 2. The molecule has 5 heteroatoms. The number of hydrogen-bond acceptors (Lipinski definition) is 3. The third kappa shape index (κ3) is 3.11. The summed E-state index contributed by atoms with van der Waals surface area (Å²) >= 11 is 1.55. The fourth-order valence-corrected chi connectivity index (χ4v) is 5.58. The number of aromatic nitrogens is 1. The Labute approximate surface area is 152 Å². The van der Waals surface area contributed by atoms with E-state index in [-0.39, 0.29) is 5.75 Å². The van der Waals surface area contributed by atoms with E-state index in [2.05, 4.69) is 40.9 Å².